The lowest BCUT2D eigenvalue weighted by Gasteiger charge is -2.22. The Kier molecular flexibility index (Phi) is 4.75. The Morgan fingerprint density at radius 3 is 3.00 bits per heavy atom. The van der Waals surface area contributed by atoms with Crippen LogP contribution >= 0.6 is 0 Å². The van der Waals surface area contributed by atoms with E-state index < -0.39 is 0 Å². The molecular formula is C16H20N4O4. The number of aryl methyl sites for hydroxylation is 1. The molecule has 0 unspecified atom stereocenters. The molecule has 0 aliphatic carbocycles. The number of amides is 1. The van der Waals surface area contributed by atoms with Crippen LogP contribution in [0.2, 0.25) is 0 Å². The molecule has 128 valence electrons. The summed E-state index contributed by atoms with van der Waals surface area (Å²) in [7, 11) is 1.55. The number of carbonyl (C=O) groups is 1. The van der Waals surface area contributed by atoms with Crippen LogP contribution < -0.4 is 5.56 Å². The molecule has 2 aromatic heterocycles. The molecule has 24 heavy (non-hydrogen) atoms. The van der Waals surface area contributed by atoms with Crippen LogP contribution in [0.15, 0.2) is 27.5 Å². The van der Waals surface area contributed by atoms with Crippen molar-refractivity contribution in [2.75, 3.05) is 20.3 Å². The van der Waals surface area contributed by atoms with Gasteiger partial charge >= 0.3 is 0 Å². The number of likely N-dealkylation sites (tertiary alicyclic amines) is 1. The highest BCUT2D eigenvalue weighted by molar-refractivity contribution is 5.92. The van der Waals surface area contributed by atoms with Crippen LogP contribution in [0.1, 0.15) is 40.8 Å². The topological polar surface area (TPSA) is 90.5 Å². The maximum absolute atomic E-state index is 12.8. The third-order valence-corrected chi connectivity index (χ3v) is 4.09. The minimum Gasteiger partial charge on any atom is -0.383 e. The van der Waals surface area contributed by atoms with Crippen molar-refractivity contribution in [1.29, 1.82) is 0 Å². The number of nitrogens with zero attached hydrogens (tertiary/aromatic N) is 4. The predicted molar refractivity (Wildman–Crippen MR) is 84.6 cm³/mol. The van der Waals surface area contributed by atoms with E-state index in [9.17, 15) is 9.59 Å². The van der Waals surface area contributed by atoms with Crippen molar-refractivity contribution in [2.45, 2.75) is 32.4 Å². The van der Waals surface area contributed by atoms with Crippen LogP contribution in [0.25, 0.3) is 0 Å². The van der Waals surface area contributed by atoms with Crippen LogP contribution in [-0.4, -0.2) is 46.0 Å². The Labute approximate surface area is 139 Å². The van der Waals surface area contributed by atoms with Gasteiger partial charge in [0.1, 0.15) is 17.1 Å². The molecule has 0 radical (unpaired) electrons. The molecule has 1 aliphatic rings. The number of methoxy groups -OCH3 is 1. The molecule has 2 aromatic rings. The van der Waals surface area contributed by atoms with Crippen molar-refractivity contribution in [2.24, 2.45) is 0 Å². The molecule has 8 nitrogen and oxygen atoms in total. The fourth-order valence-corrected chi connectivity index (χ4v) is 2.91. The zero-order chi connectivity index (χ0) is 17.1. The molecule has 1 fully saturated rings. The molecule has 3 heterocycles. The Morgan fingerprint density at radius 2 is 2.29 bits per heavy atom. The lowest BCUT2D eigenvalue weighted by molar-refractivity contribution is 0.0721. The summed E-state index contributed by atoms with van der Waals surface area (Å²) in [5, 5.41) is 8.21. The van der Waals surface area contributed by atoms with E-state index in [1.165, 1.54) is 16.8 Å². The highest BCUT2D eigenvalue weighted by Crippen LogP contribution is 2.32. The van der Waals surface area contributed by atoms with Gasteiger partial charge in [0.05, 0.1) is 19.2 Å². The Morgan fingerprint density at radius 1 is 1.46 bits per heavy atom. The number of ether oxygens (including phenoxy) is 1. The molecule has 1 saturated heterocycles. The first kappa shape index (κ1) is 16.4. The minimum absolute atomic E-state index is 0.115. The van der Waals surface area contributed by atoms with Gasteiger partial charge in [0.2, 0.25) is 0 Å². The quantitative estimate of drug-likeness (QED) is 0.816. The van der Waals surface area contributed by atoms with E-state index in [0.29, 0.717) is 19.7 Å². The maximum atomic E-state index is 12.8. The second-order valence-electron chi connectivity index (χ2n) is 5.79. The van der Waals surface area contributed by atoms with Gasteiger partial charge in [-0.15, -0.1) is 0 Å². The predicted octanol–water partition coefficient (Wildman–Crippen LogP) is 1.16. The summed E-state index contributed by atoms with van der Waals surface area (Å²) < 4.78 is 11.3. The van der Waals surface area contributed by atoms with Crippen molar-refractivity contribution < 1.29 is 14.1 Å². The first-order valence-corrected chi connectivity index (χ1v) is 7.91. The van der Waals surface area contributed by atoms with Gasteiger partial charge in [0.15, 0.2) is 0 Å². The SMILES string of the molecule is COCCn1nc(C(=O)N2CCC[C@H]2c2cc(C)on2)ccc1=O. The lowest BCUT2D eigenvalue weighted by Crippen LogP contribution is -2.34. The van der Waals surface area contributed by atoms with Gasteiger partial charge < -0.3 is 14.2 Å². The van der Waals surface area contributed by atoms with E-state index in [1.807, 2.05) is 13.0 Å². The van der Waals surface area contributed by atoms with Crippen LogP contribution in [0, 0.1) is 6.92 Å². The van der Waals surface area contributed by atoms with E-state index >= 15 is 0 Å². The zero-order valence-electron chi connectivity index (χ0n) is 13.8. The Hall–Kier alpha value is -2.48. The van der Waals surface area contributed by atoms with Crippen molar-refractivity contribution in [3.8, 4) is 0 Å². The van der Waals surface area contributed by atoms with E-state index in [1.54, 1.807) is 12.0 Å². The zero-order valence-corrected chi connectivity index (χ0v) is 13.8. The minimum atomic E-state index is -0.256. The lowest BCUT2D eigenvalue weighted by atomic mass is 10.1. The second-order valence-corrected chi connectivity index (χ2v) is 5.79. The number of hydrogen-bond donors (Lipinski definition) is 0. The number of carbonyl (C=O) groups excluding carboxylic acids is 1. The molecule has 1 amide bonds. The van der Waals surface area contributed by atoms with Gasteiger partial charge in [-0.25, -0.2) is 4.68 Å². The molecule has 8 heteroatoms. The largest absolute Gasteiger partial charge is 0.383 e. The Bertz CT molecular complexity index is 782. The molecule has 1 atom stereocenters. The normalized spacial score (nSPS) is 17.4. The van der Waals surface area contributed by atoms with Crippen LogP contribution in [0.3, 0.4) is 0 Å². The highest BCUT2D eigenvalue weighted by Gasteiger charge is 2.33. The monoisotopic (exact) mass is 332 g/mol. The molecule has 0 saturated carbocycles. The van der Waals surface area contributed by atoms with Gasteiger partial charge in [0, 0.05) is 25.8 Å². The smallest absolute Gasteiger partial charge is 0.274 e. The van der Waals surface area contributed by atoms with E-state index in [2.05, 4.69) is 10.3 Å². The molecular weight excluding hydrogens is 312 g/mol. The van der Waals surface area contributed by atoms with Gasteiger partial charge in [-0.05, 0) is 25.8 Å². The summed E-state index contributed by atoms with van der Waals surface area (Å²) in [5.41, 5.74) is 0.748. The summed E-state index contributed by atoms with van der Waals surface area (Å²) in [6.45, 7) is 3.12. The van der Waals surface area contributed by atoms with Gasteiger partial charge in [-0.3, -0.25) is 9.59 Å². The summed E-state index contributed by atoms with van der Waals surface area (Å²) in [4.78, 5) is 26.4. The molecule has 0 bridgehead atoms. The summed E-state index contributed by atoms with van der Waals surface area (Å²) in [5.74, 6) is 0.514. The first-order valence-electron chi connectivity index (χ1n) is 7.91. The number of rotatable bonds is 5. The second kappa shape index (κ2) is 6.96. The van der Waals surface area contributed by atoms with Crippen LogP contribution in [0.5, 0.6) is 0 Å². The third-order valence-electron chi connectivity index (χ3n) is 4.09. The fourth-order valence-electron chi connectivity index (χ4n) is 2.91. The standard InChI is InChI=1S/C16H20N4O4/c1-11-10-13(18-24-11)14-4-3-7-19(14)16(22)12-5-6-15(21)20(17-12)8-9-23-2/h5-6,10,14H,3-4,7-9H2,1-2H3/t14-/m0/s1. The Balaban J connectivity index is 1.84. The summed E-state index contributed by atoms with van der Waals surface area (Å²) >= 11 is 0. The summed E-state index contributed by atoms with van der Waals surface area (Å²) in [6.07, 6.45) is 1.73. The maximum Gasteiger partial charge on any atom is 0.274 e. The van der Waals surface area contributed by atoms with Crippen LogP contribution in [-0.2, 0) is 11.3 Å². The number of hydrogen-bond acceptors (Lipinski definition) is 6. The molecule has 0 N–H and O–H groups in total. The molecule has 0 aromatic carbocycles. The van der Waals surface area contributed by atoms with E-state index in [4.69, 9.17) is 9.26 Å². The van der Waals surface area contributed by atoms with Crippen molar-refractivity contribution >= 4 is 5.91 Å². The first-order chi connectivity index (χ1) is 11.6. The highest BCUT2D eigenvalue weighted by atomic mass is 16.5. The van der Waals surface area contributed by atoms with Gasteiger partial charge in [0.25, 0.3) is 11.5 Å². The summed E-state index contributed by atoms with van der Waals surface area (Å²) in [6, 6.07) is 4.57. The number of aromatic nitrogens is 3. The van der Waals surface area contributed by atoms with Crippen molar-refractivity contribution in [1.82, 2.24) is 19.8 Å². The molecule has 0 spiro atoms. The van der Waals surface area contributed by atoms with Crippen molar-refractivity contribution in [3.05, 3.63) is 45.7 Å². The third kappa shape index (κ3) is 3.23. The van der Waals surface area contributed by atoms with Crippen LogP contribution in [0.4, 0.5) is 0 Å². The van der Waals surface area contributed by atoms with Crippen molar-refractivity contribution in [3.63, 3.8) is 0 Å². The fraction of sp³-hybridized carbons (Fsp3) is 0.500. The van der Waals surface area contributed by atoms with E-state index in [0.717, 1.165) is 24.3 Å². The van der Waals surface area contributed by atoms with Gasteiger partial charge in [-0.2, -0.15) is 5.10 Å². The average Bonchev–Trinajstić information content (AvgIpc) is 3.22. The van der Waals surface area contributed by atoms with Gasteiger partial charge in [-0.1, -0.05) is 5.16 Å². The van der Waals surface area contributed by atoms with E-state index in [-0.39, 0.29) is 23.2 Å². The molecule has 3 rings (SSSR count). The molecule has 1 aliphatic heterocycles. The average molecular weight is 332 g/mol.